The van der Waals surface area contributed by atoms with E-state index in [-0.39, 0.29) is 18.0 Å². The van der Waals surface area contributed by atoms with Gasteiger partial charge in [-0.2, -0.15) is 0 Å². The fourth-order valence-corrected chi connectivity index (χ4v) is 3.35. The van der Waals surface area contributed by atoms with E-state index in [4.69, 9.17) is 4.74 Å². The Morgan fingerprint density at radius 2 is 1.97 bits per heavy atom. The third-order valence-electron chi connectivity index (χ3n) is 4.96. The highest BCUT2D eigenvalue weighted by Gasteiger charge is 2.24. The van der Waals surface area contributed by atoms with Gasteiger partial charge in [-0.25, -0.2) is 4.79 Å². The zero-order valence-electron chi connectivity index (χ0n) is 18.6. The molecule has 0 aromatic heterocycles. The molecule has 1 aromatic carbocycles. The summed E-state index contributed by atoms with van der Waals surface area (Å²) in [4.78, 5) is 32.0. The van der Waals surface area contributed by atoms with Gasteiger partial charge in [0.15, 0.2) is 5.96 Å². The molecule has 1 aromatic rings. The number of nitrogens with zero attached hydrogens (tertiary/aromatic N) is 3. The van der Waals surface area contributed by atoms with Gasteiger partial charge in [0.1, 0.15) is 0 Å². The Morgan fingerprint density at radius 3 is 2.60 bits per heavy atom. The third kappa shape index (κ3) is 7.24. The molecule has 1 fully saturated rings. The Morgan fingerprint density at radius 1 is 1.23 bits per heavy atom. The summed E-state index contributed by atoms with van der Waals surface area (Å²) in [5.41, 5.74) is 1.78. The molecule has 1 aliphatic rings. The molecule has 30 heavy (non-hydrogen) atoms. The number of nitrogens with one attached hydrogen (secondary N) is 2. The predicted molar refractivity (Wildman–Crippen MR) is 119 cm³/mol. The Kier molecular flexibility index (Phi) is 9.44. The van der Waals surface area contributed by atoms with Crippen molar-refractivity contribution in [3.05, 3.63) is 35.4 Å². The summed E-state index contributed by atoms with van der Waals surface area (Å²) < 4.78 is 5.07. The molecule has 0 bridgehead atoms. The van der Waals surface area contributed by atoms with E-state index >= 15 is 0 Å². The quantitative estimate of drug-likeness (QED) is 0.524. The maximum absolute atomic E-state index is 12.1. The van der Waals surface area contributed by atoms with Gasteiger partial charge in [-0.15, -0.1) is 0 Å². The molecule has 0 radical (unpaired) electrons. The van der Waals surface area contributed by atoms with Crippen molar-refractivity contribution in [3.8, 4) is 0 Å². The first-order chi connectivity index (χ1) is 14.4. The molecule has 0 saturated carbocycles. The lowest BCUT2D eigenvalue weighted by Gasteiger charge is -2.32. The number of aliphatic imine (C=N–C) groups is 1. The van der Waals surface area contributed by atoms with E-state index in [9.17, 15) is 9.59 Å². The van der Waals surface area contributed by atoms with Crippen molar-refractivity contribution in [3.63, 3.8) is 0 Å². The molecule has 2 amide bonds. The fraction of sp³-hybridized carbons (Fsp3) is 0.591. The van der Waals surface area contributed by atoms with Crippen molar-refractivity contribution in [2.24, 2.45) is 4.99 Å². The maximum Gasteiger partial charge on any atom is 0.409 e. The van der Waals surface area contributed by atoms with Crippen LogP contribution < -0.4 is 10.6 Å². The van der Waals surface area contributed by atoms with Crippen molar-refractivity contribution in [1.82, 2.24) is 20.4 Å². The van der Waals surface area contributed by atoms with Gasteiger partial charge in [-0.1, -0.05) is 12.1 Å². The van der Waals surface area contributed by atoms with Gasteiger partial charge in [0.2, 0.25) is 0 Å². The average Bonchev–Trinajstić information content (AvgIpc) is 2.74. The van der Waals surface area contributed by atoms with Crippen LogP contribution in [0.15, 0.2) is 29.3 Å². The number of hydrogen-bond acceptors (Lipinski definition) is 4. The molecule has 166 valence electrons. The van der Waals surface area contributed by atoms with Crippen molar-refractivity contribution in [1.29, 1.82) is 0 Å². The normalized spacial score (nSPS) is 14.9. The third-order valence-corrected chi connectivity index (χ3v) is 4.96. The first-order valence-corrected chi connectivity index (χ1v) is 10.7. The van der Waals surface area contributed by atoms with Crippen LogP contribution in [0.5, 0.6) is 0 Å². The van der Waals surface area contributed by atoms with E-state index in [0.717, 1.165) is 37.3 Å². The van der Waals surface area contributed by atoms with Crippen molar-refractivity contribution in [2.45, 2.75) is 39.2 Å². The van der Waals surface area contributed by atoms with Crippen LogP contribution in [-0.4, -0.2) is 80.7 Å². The van der Waals surface area contributed by atoms with Gasteiger partial charge in [0.25, 0.3) is 5.91 Å². The highest BCUT2D eigenvalue weighted by molar-refractivity contribution is 5.94. The molecule has 0 aliphatic carbocycles. The van der Waals surface area contributed by atoms with Crippen LogP contribution in [0.2, 0.25) is 0 Å². The van der Waals surface area contributed by atoms with Crippen LogP contribution in [0.4, 0.5) is 4.79 Å². The van der Waals surface area contributed by atoms with Crippen LogP contribution in [0.25, 0.3) is 0 Å². The molecular weight excluding hydrogens is 382 g/mol. The second-order valence-corrected chi connectivity index (χ2v) is 7.52. The standard InChI is InChI=1S/C22H35N5O3/c1-5-23-21(25-19-11-14-27(15-12-19)22(29)30-6-2)24-13-10-17-8-7-9-18(16-17)20(28)26(3)4/h7-9,16,19H,5-6,10-15H2,1-4H3,(H2,23,24,25). The van der Waals surface area contributed by atoms with Gasteiger partial charge in [0.05, 0.1) is 6.61 Å². The van der Waals surface area contributed by atoms with Crippen molar-refractivity contribution < 1.29 is 14.3 Å². The number of guanidine groups is 1. The molecule has 1 heterocycles. The first-order valence-electron chi connectivity index (χ1n) is 10.7. The maximum atomic E-state index is 12.1. The summed E-state index contributed by atoms with van der Waals surface area (Å²) in [5, 5.41) is 6.77. The molecule has 1 aliphatic heterocycles. The lowest BCUT2D eigenvalue weighted by molar-refractivity contribution is 0.0827. The summed E-state index contributed by atoms with van der Waals surface area (Å²) in [6, 6.07) is 7.98. The highest BCUT2D eigenvalue weighted by atomic mass is 16.6. The highest BCUT2D eigenvalue weighted by Crippen LogP contribution is 2.12. The molecule has 0 unspecified atom stereocenters. The second-order valence-electron chi connectivity index (χ2n) is 7.52. The summed E-state index contributed by atoms with van der Waals surface area (Å²) >= 11 is 0. The minimum Gasteiger partial charge on any atom is -0.450 e. The Bertz CT molecular complexity index is 727. The number of carbonyl (C=O) groups is 2. The van der Waals surface area contributed by atoms with Gasteiger partial charge in [0, 0.05) is 51.9 Å². The van der Waals surface area contributed by atoms with Gasteiger partial charge in [-0.3, -0.25) is 9.79 Å². The predicted octanol–water partition coefficient (Wildman–Crippen LogP) is 2.11. The van der Waals surface area contributed by atoms with E-state index in [0.29, 0.717) is 31.8 Å². The smallest absolute Gasteiger partial charge is 0.409 e. The number of amides is 2. The van der Waals surface area contributed by atoms with Gasteiger partial charge in [-0.05, 0) is 50.8 Å². The average molecular weight is 418 g/mol. The Balaban J connectivity index is 1.87. The monoisotopic (exact) mass is 417 g/mol. The number of ether oxygens (including phenoxy) is 1. The van der Waals surface area contributed by atoms with Crippen LogP contribution in [0.1, 0.15) is 42.6 Å². The molecule has 2 rings (SSSR count). The first kappa shape index (κ1) is 23.5. The van der Waals surface area contributed by atoms with Gasteiger partial charge < -0.3 is 25.2 Å². The molecule has 0 spiro atoms. The van der Waals surface area contributed by atoms with Crippen LogP contribution in [0, 0.1) is 0 Å². The lowest BCUT2D eigenvalue weighted by atomic mass is 10.1. The van der Waals surface area contributed by atoms with E-state index in [1.807, 2.05) is 38.1 Å². The molecule has 0 atom stereocenters. The number of piperidine rings is 1. The zero-order valence-corrected chi connectivity index (χ0v) is 18.6. The van der Waals surface area contributed by atoms with Crippen LogP contribution >= 0.6 is 0 Å². The Hall–Kier alpha value is -2.77. The van der Waals surface area contributed by atoms with E-state index < -0.39 is 0 Å². The minimum atomic E-state index is -0.230. The van der Waals surface area contributed by atoms with Crippen LogP contribution in [0.3, 0.4) is 0 Å². The summed E-state index contributed by atoms with van der Waals surface area (Å²) in [6.45, 7) is 7.03. The van der Waals surface area contributed by atoms with E-state index in [1.165, 1.54) is 0 Å². The van der Waals surface area contributed by atoms with Crippen molar-refractivity contribution >= 4 is 18.0 Å². The van der Waals surface area contributed by atoms with Gasteiger partial charge >= 0.3 is 6.09 Å². The van der Waals surface area contributed by atoms with Crippen LogP contribution in [-0.2, 0) is 11.2 Å². The second kappa shape index (κ2) is 12.0. The number of likely N-dealkylation sites (tertiary alicyclic amines) is 1. The SMILES string of the molecule is CCNC(=NCCc1cccc(C(=O)N(C)C)c1)NC1CCN(C(=O)OCC)CC1. The van der Waals surface area contributed by atoms with E-state index in [2.05, 4.69) is 15.6 Å². The van der Waals surface area contributed by atoms with Crippen molar-refractivity contribution in [2.75, 3.05) is 46.9 Å². The minimum absolute atomic E-state index is 0.00418. The molecule has 8 nitrogen and oxygen atoms in total. The topological polar surface area (TPSA) is 86.3 Å². The number of hydrogen-bond donors (Lipinski definition) is 2. The summed E-state index contributed by atoms with van der Waals surface area (Å²) in [5.74, 6) is 0.789. The number of benzene rings is 1. The lowest BCUT2D eigenvalue weighted by Crippen LogP contribution is -2.50. The molecular formula is C22H35N5O3. The molecule has 1 saturated heterocycles. The number of rotatable bonds is 7. The molecule has 2 N–H and O–H groups in total. The zero-order chi connectivity index (χ0) is 21.9. The number of carbonyl (C=O) groups excluding carboxylic acids is 2. The largest absolute Gasteiger partial charge is 0.450 e. The fourth-order valence-electron chi connectivity index (χ4n) is 3.35. The Labute approximate surface area is 179 Å². The van der Waals surface area contributed by atoms with E-state index in [1.54, 1.807) is 23.9 Å². The summed E-state index contributed by atoms with van der Waals surface area (Å²) in [7, 11) is 3.51. The summed E-state index contributed by atoms with van der Waals surface area (Å²) in [6.07, 6.45) is 2.24. The molecule has 8 heteroatoms.